The van der Waals surface area contributed by atoms with Gasteiger partial charge < -0.3 is 4.90 Å². The van der Waals surface area contributed by atoms with Crippen LogP contribution in [-0.4, -0.2) is 33.1 Å². The van der Waals surface area contributed by atoms with Gasteiger partial charge in [0.25, 0.3) is 0 Å². The monoisotopic (exact) mass is 383 g/mol. The molecule has 3 aromatic rings. The lowest BCUT2D eigenvalue weighted by molar-refractivity contribution is -0.131. The van der Waals surface area contributed by atoms with Crippen molar-refractivity contribution in [3.05, 3.63) is 51.8 Å². The third-order valence-corrected chi connectivity index (χ3v) is 6.88. The van der Waals surface area contributed by atoms with Crippen LogP contribution < -0.4 is 0 Å². The number of aryl methyl sites for hydroxylation is 1. The van der Waals surface area contributed by atoms with E-state index in [-0.39, 0.29) is 11.9 Å². The van der Waals surface area contributed by atoms with Crippen molar-refractivity contribution in [2.75, 3.05) is 12.3 Å². The molecule has 134 valence electrons. The zero-order chi connectivity index (χ0) is 18.1. The maximum absolute atomic E-state index is 12.9. The van der Waals surface area contributed by atoms with Crippen molar-refractivity contribution in [1.29, 1.82) is 0 Å². The van der Waals surface area contributed by atoms with Gasteiger partial charge in [-0.05, 0) is 48.9 Å². The minimum atomic E-state index is 0.188. The molecule has 0 saturated heterocycles. The van der Waals surface area contributed by atoms with Gasteiger partial charge in [0.15, 0.2) is 0 Å². The molecule has 1 unspecified atom stereocenters. The number of thioether (sulfide) groups is 1. The zero-order valence-corrected chi connectivity index (χ0v) is 16.6. The molecule has 6 heteroatoms. The van der Waals surface area contributed by atoms with Gasteiger partial charge in [0.2, 0.25) is 5.91 Å². The summed E-state index contributed by atoms with van der Waals surface area (Å²) < 4.78 is 0. The maximum atomic E-state index is 12.9. The summed E-state index contributed by atoms with van der Waals surface area (Å²) in [5, 5.41) is 2.99. The molecule has 3 heterocycles. The summed E-state index contributed by atoms with van der Waals surface area (Å²) in [7, 11) is 0. The summed E-state index contributed by atoms with van der Waals surface area (Å²) >= 11 is 3.31. The first kappa shape index (κ1) is 17.5. The quantitative estimate of drug-likeness (QED) is 0.616. The minimum Gasteiger partial charge on any atom is -0.335 e. The van der Waals surface area contributed by atoms with E-state index in [2.05, 4.69) is 23.4 Å². The molecular weight excluding hydrogens is 362 g/mol. The summed E-state index contributed by atoms with van der Waals surface area (Å²) in [6.07, 6.45) is 1.92. The molecule has 1 atom stereocenters. The molecule has 0 fully saturated rings. The standard InChI is InChI=1S/C20H21N3OS2/c1-3-17-14-9-11-25-18(14)8-10-23(17)19(24)12-26-20-13(2)21-15-6-4-5-7-16(15)22-20/h4-7,9,11,17H,3,8,10,12H2,1-2H3. The summed E-state index contributed by atoms with van der Waals surface area (Å²) in [4.78, 5) is 25.7. The van der Waals surface area contributed by atoms with Crippen molar-refractivity contribution in [1.82, 2.24) is 14.9 Å². The van der Waals surface area contributed by atoms with Gasteiger partial charge >= 0.3 is 0 Å². The number of thiophene rings is 1. The van der Waals surface area contributed by atoms with Crippen LogP contribution in [0.1, 0.15) is 35.5 Å². The second-order valence-electron chi connectivity index (χ2n) is 6.45. The molecule has 1 amide bonds. The van der Waals surface area contributed by atoms with Crippen LogP contribution in [0.25, 0.3) is 11.0 Å². The Morgan fingerprint density at radius 3 is 2.81 bits per heavy atom. The van der Waals surface area contributed by atoms with Crippen LogP contribution in [0.2, 0.25) is 0 Å². The number of benzene rings is 1. The number of fused-ring (bicyclic) bond motifs is 2. The van der Waals surface area contributed by atoms with Crippen LogP contribution in [0.5, 0.6) is 0 Å². The third-order valence-electron chi connectivity index (χ3n) is 4.84. The van der Waals surface area contributed by atoms with Crippen LogP contribution >= 0.6 is 23.1 Å². The highest BCUT2D eigenvalue weighted by Crippen LogP contribution is 2.35. The number of amides is 1. The third kappa shape index (κ3) is 3.23. The Bertz CT molecular complexity index is 953. The molecule has 0 spiro atoms. The Morgan fingerprint density at radius 2 is 2.04 bits per heavy atom. The summed E-state index contributed by atoms with van der Waals surface area (Å²) in [6.45, 7) is 4.93. The van der Waals surface area contributed by atoms with Crippen molar-refractivity contribution in [2.45, 2.75) is 37.8 Å². The second-order valence-corrected chi connectivity index (χ2v) is 8.42. The number of hydrogen-bond donors (Lipinski definition) is 0. The molecule has 0 N–H and O–H groups in total. The number of para-hydroxylation sites is 2. The molecule has 1 aromatic carbocycles. The number of rotatable bonds is 4. The maximum Gasteiger partial charge on any atom is 0.233 e. The van der Waals surface area contributed by atoms with Crippen molar-refractivity contribution in [3.8, 4) is 0 Å². The average Bonchev–Trinajstić information content (AvgIpc) is 3.14. The van der Waals surface area contributed by atoms with Gasteiger partial charge in [0.05, 0.1) is 28.5 Å². The molecule has 0 bridgehead atoms. The van der Waals surface area contributed by atoms with E-state index in [0.29, 0.717) is 5.75 Å². The molecule has 1 aliphatic heterocycles. The fourth-order valence-corrected chi connectivity index (χ4v) is 5.33. The van der Waals surface area contributed by atoms with Crippen LogP contribution in [-0.2, 0) is 11.2 Å². The molecule has 4 nitrogen and oxygen atoms in total. The van der Waals surface area contributed by atoms with Gasteiger partial charge in [0, 0.05) is 11.4 Å². The topological polar surface area (TPSA) is 46.1 Å². The Labute approximate surface area is 161 Å². The van der Waals surface area contributed by atoms with Crippen LogP contribution in [0.3, 0.4) is 0 Å². The van der Waals surface area contributed by atoms with Gasteiger partial charge in [-0.3, -0.25) is 4.79 Å². The van der Waals surface area contributed by atoms with Gasteiger partial charge in [-0.15, -0.1) is 11.3 Å². The van der Waals surface area contributed by atoms with Gasteiger partial charge in [0.1, 0.15) is 5.03 Å². The number of nitrogens with zero attached hydrogens (tertiary/aromatic N) is 3. The Hall–Kier alpha value is -1.92. The Kier molecular flexibility index (Phi) is 4.96. The lowest BCUT2D eigenvalue weighted by Crippen LogP contribution is -2.40. The fourth-order valence-electron chi connectivity index (χ4n) is 3.56. The van der Waals surface area contributed by atoms with Gasteiger partial charge in [-0.25, -0.2) is 9.97 Å². The van der Waals surface area contributed by atoms with Gasteiger partial charge in [-0.1, -0.05) is 30.8 Å². The van der Waals surface area contributed by atoms with E-state index in [1.165, 1.54) is 22.2 Å². The van der Waals surface area contributed by atoms with Gasteiger partial charge in [-0.2, -0.15) is 0 Å². The van der Waals surface area contributed by atoms with Crippen LogP contribution in [0, 0.1) is 6.92 Å². The van der Waals surface area contributed by atoms with E-state index in [1.54, 1.807) is 0 Å². The van der Waals surface area contributed by atoms with E-state index in [1.807, 2.05) is 47.4 Å². The zero-order valence-electron chi connectivity index (χ0n) is 14.9. The van der Waals surface area contributed by atoms with E-state index < -0.39 is 0 Å². The highest BCUT2D eigenvalue weighted by molar-refractivity contribution is 7.99. The summed E-state index contributed by atoms with van der Waals surface area (Å²) in [5.74, 6) is 0.595. The minimum absolute atomic E-state index is 0.188. The normalized spacial score (nSPS) is 16.7. The fraction of sp³-hybridized carbons (Fsp3) is 0.350. The molecule has 0 radical (unpaired) electrons. The number of hydrogen-bond acceptors (Lipinski definition) is 5. The Balaban J connectivity index is 1.50. The number of carbonyl (C=O) groups is 1. The van der Waals surface area contributed by atoms with Crippen LogP contribution in [0.4, 0.5) is 0 Å². The van der Waals surface area contributed by atoms with E-state index >= 15 is 0 Å². The van der Waals surface area contributed by atoms with E-state index in [4.69, 9.17) is 4.98 Å². The first-order valence-electron chi connectivity index (χ1n) is 8.89. The summed E-state index contributed by atoms with van der Waals surface area (Å²) in [5.41, 5.74) is 3.99. The van der Waals surface area contributed by atoms with E-state index in [0.717, 1.165) is 41.1 Å². The van der Waals surface area contributed by atoms with Crippen molar-refractivity contribution in [3.63, 3.8) is 0 Å². The number of aromatic nitrogens is 2. The van der Waals surface area contributed by atoms with Crippen molar-refractivity contribution in [2.24, 2.45) is 0 Å². The highest BCUT2D eigenvalue weighted by atomic mass is 32.2. The molecule has 1 aliphatic rings. The van der Waals surface area contributed by atoms with E-state index in [9.17, 15) is 4.79 Å². The first-order valence-corrected chi connectivity index (χ1v) is 10.8. The SMILES string of the molecule is CCC1c2ccsc2CCN1C(=O)CSc1nc2ccccc2nc1C. The predicted octanol–water partition coefficient (Wildman–Crippen LogP) is 4.63. The largest absolute Gasteiger partial charge is 0.335 e. The molecule has 4 rings (SSSR count). The predicted molar refractivity (Wildman–Crippen MR) is 108 cm³/mol. The average molecular weight is 384 g/mol. The highest BCUT2D eigenvalue weighted by Gasteiger charge is 2.30. The lowest BCUT2D eigenvalue weighted by atomic mass is 9.98. The van der Waals surface area contributed by atoms with Crippen molar-refractivity contribution >= 4 is 40.0 Å². The molecular formula is C20H21N3OS2. The summed E-state index contributed by atoms with van der Waals surface area (Å²) in [6, 6.07) is 10.2. The molecule has 0 saturated carbocycles. The van der Waals surface area contributed by atoms with Crippen molar-refractivity contribution < 1.29 is 4.79 Å². The number of carbonyl (C=O) groups excluding carboxylic acids is 1. The second kappa shape index (κ2) is 7.37. The smallest absolute Gasteiger partial charge is 0.233 e. The molecule has 26 heavy (non-hydrogen) atoms. The Morgan fingerprint density at radius 1 is 1.27 bits per heavy atom. The molecule has 2 aromatic heterocycles. The molecule has 0 aliphatic carbocycles. The van der Waals surface area contributed by atoms with Crippen LogP contribution in [0.15, 0.2) is 40.7 Å². The lowest BCUT2D eigenvalue weighted by Gasteiger charge is -2.35. The first-order chi connectivity index (χ1) is 12.7.